The highest BCUT2D eigenvalue weighted by atomic mass is 127. The second-order valence-corrected chi connectivity index (χ2v) is 5.79. The van der Waals surface area contributed by atoms with Crippen LogP contribution in [0.15, 0.2) is 59.6 Å². The van der Waals surface area contributed by atoms with Gasteiger partial charge in [-0.25, -0.2) is 0 Å². The predicted molar refractivity (Wildman–Crippen MR) is 118 cm³/mol. The van der Waals surface area contributed by atoms with Crippen LogP contribution in [0.2, 0.25) is 0 Å². The number of aliphatic imine (C=N–C) groups is 1. The topological polar surface area (TPSA) is 65.5 Å². The molecule has 6 heteroatoms. The van der Waals surface area contributed by atoms with Crippen LogP contribution in [-0.2, 0) is 6.42 Å². The molecule has 2 aromatic carbocycles. The van der Waals surface area contributed by atoms with Gasteiger partial charge >= 0.3 is 0 Å². The minimum atomic E-state index is -0.0578. The third-order valence-corrected chi connectivity index (χ3v) is 3.76. The fraction of sp³-hybridized carbons (Fsp3) is 0.300. The largest absolute Gasteiger partial charge is 0.356 e. The minimum Gasteiger partial charge on any atom is -0.356 e. The maximum Gasteiger partial charge on any atom is 0.251 e. The molecule has 5 nitrogen and oxygen atoms in total. The van der Waals surface area contributed by atoms with E-state index in [0.717, 1.165) is 24.5 Å². The number of aryl methyl sites for hydroxylation is 1. The van der Waals surface area contributed by atoms with Crippen molar-refractivity contribution in [1.29, 1.82) is 0 Å². The molecule has 2 aromatic rings. The summed E-state index contributed by atoms with van der Waals surface area (Å²) in [5, 5.41) is 9.37. The standard InChI is InChI=1S/C20H26N4O.HI/c1-16-7-6-10-18(15-16)19(25)22-13-14-24-20(21-2)23-12-11-17-8-4-3-5-9-17;/h3-10,15H,11-14H2,1-2H3,(H,22,25)(H2,21,23,24);1H. The summed E-state index contributed by atoms with van der Waals surface area (Å²) in [6.07, 6.45) is 0.936. The molecule has 0 radical (unpaired) electrons. The molecule has 0 atom stereocenters. The molecule has 0 aromatic heterocycles. The van der Waals surface area contributed by atoms with Crippen LogP contribution < -0.4 is 16.0 Å². The fourth-order valence-corrected chi connectivity index (χ4v) is 2.44. The molecule has 2 rings (SSSR count). The van der Waals surface area contributed by atoms with Gasteiger partial charge in [0.25, 0.3) is 5.91 Å². The third kappa shape index (κ3) is 7.86. The number of amides is 1. The number of hydrogen-bond donors (Lipinski definition) is 3. The predicted octanol–water partition coefficient (Wildman–Crippen LogP) is 2.75. The Labute approximate surface area is 172 Å². The highest BCUT2D eigenvalue weighted by Gasteiger charge is 2.04. The van der Waals surface area contributed by atoms with Crippen molar-refractivity contribution in [2.45, 2.75) is 13.3 Å². The maximum atomic E-state index is 12.1. The summed E-state index contributed by atoms with van der Waals surface area (Å²) in [6.45, 7) is 3.93. The van der Waals surface area contributed by atoms with E-state index >= 15 is 0 Å². The van der Waals surface area contributed by atoms with Gasteiger partial charge in [0.05, 0.1) is 0 Å². The normalized spacial score (nSPS) is 10.6. The Kier molecular flexibility index (Phi) is 10.4. The lowest BCUT2D eigenvalue weighted by molar-refractivity contribution is 0.0954. The van der Waals surface area contributed by atoms with Crippen molar-refractivity contribution in [3.8, 4) is 0 Å². The summed E-state index contributed by atoms with van der Waals surface area (Å²) in [7, 11) is 1.74. The van der Waals surface area contributed by atoms with Crippen molar-refractivity contribution >= 4 is 35.8 Å². The SMILES string of the molecule is CN=C(NCCNC(=O)c1cccc(C)c1)NCCc1ccccc1.I. The van der Waals surface area contributed by atoms with E-state index in [2.05, 4.69) is 33.1 Å². The van der Waals surface area contributed by atoms with Crippen molar-refractivity contribution < 1.29 is 4.79 Å². The number of rotatable bonds is 7. The quantitative estimate of drug-likeness (QED) is 0.255. The average molecular weight is 466 g/mol. The fourth-order valence-electron chi connectivity index (χ4n) is 2.44. The van der Waals surface area contributed by atoms with Crippen molar-refractivity contribution in [3.05, 3.63) is 71.3 Å². The molecule has 140 valence electrons. The van der Waals surface area contributed by atoms with Crippen LogP contribution in [-0.4, -0.2) is 38.5 Å². The number of benzene rings is 2. The highest BCUT2D eigenvalue weighted by molar-refractivity contribution is 14.0. The Hall–Kier alpha value is -2.09. The van der Waals surface area contributed by atoms with E-state index in [1.807, 2.05) is 49.4 Å². The van der Waals surface area contributed by atoms with E-state index in [9.17, 15) is 4.79 Å². The zero-order chi connectivity index (χ0) is 17.9. The van der Waals surface area contributed by atoms with Gasteiger partial charge in [-0.15, -0.1) is 24.0 Å². The summed E-state index contributed by atoms with van der Waals surface area (Å²) >= 11 is 0. The Morgan fingerprint density at radius 3 is 2.31 bits per heavy atom. The number of hydrogen-bond acceptors (Lipinski definition) is 2. The number of nitrogens with zero attached hydrogens (tertiary/aromatic N) is 1. The van der Waals surface area contributed by atoms with E-state index in [4.69, 9.17) is 0 Å². The van der Waals surface area contributed by atoms with Gasteiger partial charge in [-0.1, -0.05) is 48.0 Å². The second-order valence-electron chi connectivity index (χ2n) is 5.79. The zero-order valence-corrected chi connectivity index (χ0v) is 17.6. The van der Waals surface area contributed by atoms with Crippen LogP contribution in [0.4, 0.5) is 0 Å². The summed E-state index contributed by atoms with van der Waals surface area (Å²) < 4.78 is 0. The summed E-state index contributed by atoms with van der Waals surface area (Å²) in [5.41, 5.74) is 3.05. The zero-order valence-electron chi connectivity index (χ0n) is 15.3. The van der Waals surface area contributed by atoms with E-state index in [0.29, 0.717) is 18.7 Å². The lowest BCUT2D eigenvalue weighted by Crippen LogP contribution is -2.42. The molecule has 0 unspecified atom stereocenters. The first-order chi connectivity index (χ1) is 12.2. The first kappa shape index (κ1) is 22.0. The summed E-state index contributed by atoms with van der Waals surface area (Å²) in [6, 6.07) is 17.9. The number of halogens is 1. The Bertz CT molecular complexity index is 704. The first-order valence-corrected chi connectivity index (χ1v) is 8.52. The third-order valence-electron chi connectivity index (χ3n) is 3.76. The van der Waals surface area contributed by atoms with Gasteiger partial charge in [0.1, 0.15) is 0 Å². The van der Waals surface area contributed by atoms with Gasteiger partial charge in [-0.2, -0.15) is 0 Å². The van der Waals surface area contributed by atoms with E-state index in [1.54, 1.807) is 7.05 Å². The molecular weight excluding hydrogens is 439 g/mol. The van der Waals surface area contributed by atoms with Gasteiger partial charge in [-0.05, 0) is 31.0 Å². The monoisotopic (exact) mass is 466 g/mol. The van der Waals surface area contributed by atoms with Gasteiger partial charge in [0.15, 0.2) is 5.96 Å². The smallest absolute Gasteiger partial charge is 0.251 e. The van der Waals surface area contributed by atoms with Gasteiger partial charge in [0.2, 0.25) is 0 Å². The van der Waals surface area contributed by atoms with Crippen molar-refractivity contribution in [2.75, 3.05) is 26.7 Å². The number of guanidine groups is 1. The molecule has 0 fully saturated rings. The molecule has 0 spiro atoms. The van der Waals surface area contributed by atoms with E-state index < -0.39 is 0 Å². The molecule has 0 bridgehead atoms. The number of nitrogens with one attached hydrogen (secondary N) is 3. The molecule has 0 aliphatic carbocycles. The van der Waals surface area contributed by atoms with Crippen molar-refractivity contribution in [3.63, 3.8) is 0 Å². The van der Waals surface area contributed by atoms with E-state index in [1.165, 1.54) is 5.56 Å². The first-order valence-electron chi connectivity index (χ1n) is 8.52. The van der Waals surface area contributed by atoms with Crippen molar-refractivity contribution in [2.24, 2.45) is 4.99 Å². The molecule has 1 amide bonds. The average Bonchev–Trinajstić information content (AvgIpc) is 2.64. The molecular formula is C20H27IN4O. The van der Waals surface area contributed by atoms with E-state index in [-0.39, 0.29) is 29.9 Å². The van der Waals surface area contributed by atoms with Crippen LogP contribution in [0, 0.1) is 6.92 Å². The summed E-state index contributed by atoms with van der Waals surface area (Å²) in [4.78, 5) is 16.2. The summed E-state index contributed by atoms with van der Waals surface area (Å²) in [5.74, 6) is 0.679. The molecule has 0 aliphatic heterocycles. The molecule has 3 N–H and O–H groups in total. The maximum absolute atomic E-state index is 12.1. The van der Waals surface area contributed by atoms with Crippen LogP contribution in [0.1, 0.15) is 21.5 Å². The lowest BCUT2D eigenvalue weighted by Gasteiger charge is -2.12. The molecule has 0 aliphatic rings. The second kappa shape index (κ2) is 12.3. The Balaban J connectivity index is 0.00000338. The number of carbonyl (C=O) groups is 1. The van der Waals surface area contributed by atoms with Crippen LogP contribution in [0.25, 0.3) is 0 Å². The van der Waals surface area contributed by atoms with Crippen molar-refractivity contribution in [1.82, 2.24) is 16.0 Å². The molecule has 0 heterocycles. The van der Waals surface area contributed by atoms with Gasteiger partial charge in [0, 0.05) is 32.2 Å². The molecule has 0 saturated carbocycles. The highest BCUT2D eigenvalue weighted by Crippen LogP contribution is 2.03. The Morgan fingerprint density at radius 2 is 1.62 bits per heavy atom. The van der Waals surface area contributed by atoms with Gasteiger partial charge in [-0.3, -0.25) is 9.79 Å². The number of carbonyl (C=O) groups excluding carboxylic acids is 1. The van der Waals surface area contributed by atoms with Crippen LogP contribution in [0.3, 0.4) is 0 Å². The lowest BCUT2D eigenvalue weighted by atomic mass is 10.1. The molecule has 26 heavy (non-hydrogen) atoms. The van der Waals surface area contributed by atoms with Crippen LogP contribution in [0.5, 0.6) is 0 Å². The van der Waals surface area contributed by atoms with Gasteiger partial charge < -0.3 is 16.0 Å². The van der Waals surface area contributed by atoms with Crippen LogP contribution >= 0.6 is 24.0 Å². The molecule has 0 saturated heterocycles. The minimum absolute atomic E-state index is 0. The Morgan fingerprint density at radius 1 is 0.923 bits per heavy atom.